The molecule has 1 aromatic heterocycles. The molecule has 1 atom stereocenters. The Morgan fingerprint density at radius 2 is 1.85 bits per heavy atom. The second-order valence-corrected chi connectivity index (χ2v) is 6.20. The maximum absolute atomic E-state index is 12.9. The Kier molecular flexibility index (Phi) is 7.20. The number of amides is 2. The van der Waals surface area contributed by atoms with Crippen molar-refractivity contribution in [3.05, 3.63) is 59.4 Å². The van der Waals surface area contributed by atoms with E-state index in [1.807, 2.05) is 0 Å². The molecule has 1 saturated heterocycles. The molecule has 2 heterocycles. The third kappa shape index (κ3) is 4.99. The van der Waals surface area contributed by atoms with E-state index in [4.69, 9.17) is 5.73 Å². The van der Waals surface area contributed by atoms with Crippen molar-refractivity contribution in [2.45, 2.75) is 13.0 Å². The number of halogens is 2. The van der Waals surface area contributed by atoms with E-state index < -0.39 is 5.91 Å². The number of benzene rings is 1. The quantitative estimate of drug-likeness (QED) is 0.799. The first kappa shape index (κ1) is 20.7. The highest BCUT2D eigenvalue weighted by Gasteiger charge is 2.30. The molecule has 0 aliphatic carbocycles. The van der Waals surface area contributed by atoms with Crippen molar-refractivity contribution in [2.24, 2.45) is 11.7 Å². The average Bonchev–Trinajstić information content (AvgIpc) is 3.16. The second kappa shape index (κ2) is 9.38. The molecule has 144 valence electrons. The molecule has 0 bridgehead atoms. The lowest BCUT2D eigenvalue weighted by Gasteiger charge is -2.17. The van der Waals surface area contributed by atoms with E-state index in [1.165, 1.54) is 24.5 Å². The third-order valence-corrected chi connectivity index (χ3v) is 4.39. The van der Waals surface area contributed by atoms with Crippen molar-refractivity contribution in [3.8, 4) is 0 Å². The topological polar surface area (TPSA) is 101 Å². The monoisotopic (exact) mass is 393 g/mol. The van der Waals surface area contributed by atoms with Gasteiger partial charge in [0.1, 0.15) is 5.82 Å². The summed E-state index contributed by atoms with van der Waals surface area (Å²) >= 11 is 0. The highest BCUT2D eigenvalue weighted by Crippen LogP contribution is 2.18. The first-order chi connectivity index (χ1) is 12.6. The largest absolute Gasteiger partial charge is 0.347 e. The summed E-state index contributed by atoms with van der Waals surface area (Å²) in [5.41, 5.74) is 6.41. The molecule has 27 heavy (non-hydrogen) atoms. The zero-order chi connectivity index (χ0) is 18.5. The van der Waals surface area contributed by atoms with Crippen LogP contribution in [0.1, 0.15) is 33.0 Å². The average molecular weight is 394 g/mol. The standard InChI is InChI=1S/C18H20FN5O2.ClH/c19-14-3-1-12(2-4-14)10-23-17(25)15-16(22-7-6-21-15)18(26)24-8-5-13(9-20)11-24;/h1-4,6-7,13H,5,8-11,20H2,(H,23,25);1H. The van der Waals surface area contributed by atoms with Gasteiger partial charge in [-0.1, -0.05) is 12.1 Å². The van der Waals surface area contributed by atoms with Gasteiger partial charge in [0.05, 0.1) is 0 Å². The summed E-state index contributed by atoms with van der Waals surface area (Å²) in [5, 5.41) is 2.69. The van der Waals surface area contributed by atoms with Crippen molar-refractivity contribution < 1.29 is 14.0 Å². The minimum atomic E-state index is -0.500. The van der Waals surface area contributed by atoms with Crippen molar-refractivity contribution in [1.29, 1.82) is 0 Å². The fourth-order valence-corrected chi connectivity index (χ4v) is 2.89. The number of nitrogens with two attached hydrogens (primary N) is 1. The number of hydrogen-bond donors (Lipinski definition) is 2. The molecule has 0 radical (unpaired) electrons. The Labute approximate surface area is 162 Å². The van der Waals surface area contributed by atoms with E-state index >= 15 is 0 Å². The summed E-state index contributed by atoms with van der Waals surface area (Å²) in [4.78, 5) is 34.9. The predicted molar refractivity (Wildman–Crippen MR) is 99.9 cm³/mol. The number of rotatable bonds is 5. The Balaban J connectivity index is 0.00000261. The van der Waals surface area contributed by atoms with E-state index in [9.17, 15) is 14.0 Å². The Bertz CT molecular complexity index is 803. The van der Waals surface area contributed by atoms with Crippen LogP contribution in [0, 0.1) is 11.7 Å². The number of carbonyl (C=O) groups is 2. The molecule has 1 aromatic carbocycles. The van der Waals surface area contributed by atoms with Crippen molar-refractivity contribution >= 4 is 24.2 Å². The number of hydrogen-bond acceptors (Lipinski definition) is 5. The molecule has 9 heteroatoms. The number of carbonyl (C=O) groups excluding carboxylic acids is 2. The molecule has 0 saturated carbocycles. The van der Waals surface area contributed by atoms with Gasteiger partial charge in [-0.3, -0.25) is 9.59 Å². The molecule has 1 unspecified atom stereocenters. The zero-order valence-electron chi connectivity index (χ0n) is 14.6. The SMILES string of the molecule is Cl.NCC1CCN(C(=O)c2nccnc2C(=O)NCc2ccc(F)cc2)C1. The molecule has 1 aliphatic rings. The van der Waals surface area contributed by atoms with Gasteiger partial charge in [-0.2, -0.15) is 0 Å². The van der Waals surface area contributed by atoms with Gasteiger partial charge in [0.2, 0.25) is 0 Å². The molecule has 0 spiro atoms. The van der Waals surface area contributed by atoms with Crippen molar-refractivity contribution in [3.63, 3.8) is 0 Å². The molecule has 3 N–H and O–H groups in total. The van der Waals surface area contributed by atoms with Gasteiger partial charge in [0, 0.05) is 32.0 Å². The van der Waals surface area contributed by atoms with Crippen LogP contribution in [0.4, 0.5) is 4.39 Å². The van der Waals surface area contributed by atoms with E-state index in [0.717, 1.165) is 12.0 Å². The van der Waals surface area contributed by atoms with Gasteiger partial charge < -0.3 is 16.0 Å². The lowest BCUT2D eigenvalue weighted by Crippen LogP contribution is -2.34. The lowest BCUT2D eigenvalue weighted by molar-refractivity contribution is 0.0772. The molecule has 2 aromatic rings. The van der Waals surface area contributed by atoms with Crippen LogP contribution in [0.3, 0.4) is 0 Å². The minimum Gasteiger partial charge on any atom is -0.347 e. The zero-order valence-corrected chi connectivity index (χ0v) is 15.4. The molecule has 1 fully saturated rings. The number of nitrogens with zero attached hydrogens (tertiary/aromatic N) is 3. The van der Waals surface area contributed by atoms with Gasteiger partial charge in [-0.25, -0.2) is 14.4 Å². The van der Waals surface area contributed by atoms with Crippen LogP contribution in [0.25, 0.3) is 0 Å². The van der Waals surface area contributed by atoms with E-state index in [0.29, 0.717) is 19.6 Å². The minimum absolute atomic E-state index is 0. The summed E-state index contributed by atoms with van der Waals surface area (Å²) < 4.78 is 12.9. The molecular formula is C18H21ClFN5O2. The first-order valence-electron chi connectivity index (χ1n) is 8.41. The highest BCUT2D eigenvalue weighted by atomic mass is 35.5. The van der Waals surface area contributed by atoms with Crippen molar-refractivity contribution in [2.75, 3.05) is 19.6 Å². The van der Waals surface area contributed by atoms with Gasteiger partial charge in [0.25, 0.3) is 11.8 Å². The van der Waals surface area contributed by atoms with Gasteiger partial charge in [-0.05, 0) is 36.6 Å². The third-order valence-electron chi connectivity index (χ3n) is 4.39. The second-order valence-electron chi connectivity index (χ2n) is 6.20. The fraction of sp³-hybridized carbons (Fsp3) is 0.333. The summed E-state index contributed by atoms with van der Waals surface area (Å²) in [6.07, 6.45) is 3.60. The normalized spacial score (nSPS) is 15.9. The molecule has 7 nitrogen and oxygen atoms in total. The van der Waals surface area contributed by atoms with E-state index in [1.54, 1.807) is 17.0 Å². The predicted octanol–water partition coefficient (Wildman–Crippen LogP) is 1.39. The molecular weight excluding hydrogens is 373 g/mol. The number of aromatic nitrogens is 2. The van der Waals surface area contributed by atoms with E-state index in [-0.39, 0.29) is 48.0 Å². The Hall–Kier alpha value is -2.58. The Morgan fingerprint density at radius 3 is 2.48 bits per heavy atom. The van der Waals surface area contributed by atoms with Gasteiger partial charge >= 0.3 is 0 Å². The van der Waals surface area contributed by atoms with Crippen LogP contribution < -0.4 is 11.1 Å². The summed E-state index contributed by atoms with van der Waals surface area (Å²) in [6, 6.07) is 5.80. The lowest BCUT2D eigenvalue weighted by atomic mass is 10.1. The maximum atomic E-state index is 12.9. The molecule has 1 aliphatic heterocycles. The molecule has 2 amide bonds. The summed E-state index contributed by atoms with van der Waals surface area (Å²) in [5.74, 6) is -0.893. The van der Waals surface area contributed by atoms with Gasteiger partial charge in [0.15, 0.2) is 11.4 Å². The summed E-state index contributed by atoms with van der Waals surface area (Å²) in [6.45, 7) is 1.87. The van der Waals surface area contributed by atoms with Crippen LogP contribution in [0.15, 0.2) is 36.7 Å². The first-order valence-corrected chi connectivity index (χ1v) is 8.41. The number of nitrogens with one attached hydrogen (secondary N) is 1. The van der Waals surface area contributed by atoms with Crippen LogP contribution in [0.2, 0.25) is 0 Å². The number of likely N-dealkylation sites (tertiary alicyclic amines) is 1. The van der Waals surface area contributed by atoms with Crippen LogP contribution in [0.5, 0.6) is 0 Å². The smallest absolute Gasteiger partial charge is 0.274 e. The fourth-order valence-electron chi connectivity index (χ4n) is 2.89. The van der Waals surface area contributed by atoms with Crippen LogP contribution in [-0.4, -0.2) is 46.3 Å². The van der Waals surface area contributed by atoms with E-state index in [2.05, 4.69) is 15.3 Å². The highest BCUT2D eigenvalue weighted by molar-refractivity contribution is 6.04. The Morgan fingerprint density at radius 1 is 1.19 bits per heavy atom. The van der Waals surface area contributed by atoms with Crippen LogP contribution in [-0.2, 0) is 6.54 Å². The summed E-state index contributed by atoms with van der Waals surface area (Å²) in [7, 11) is 0. The van der Waals surface area contributed by atoms with Crippen molar-refractivity contribution in [1.82, 2.24) is 20.2 Å². The molecule has 3 rings (SSSR count). The van der Waals surface area contributed by atoms with Gasteiger partial charge in [-0.15, -0.1) is 12.4 Å². The maximum Gasteiger partial charge on any atom is 0.274 e. The van der Waals surface area contributed by atoms with Crippen LogP contribution >= 0.6 is 12.4 Å².